The molecule has 8 heteroatoms. The van der Waals surface area contributed by atoms with Crippen LogP contribution in [0.25, 0.3) is 0 Å². The van der Waals surface area contributed by atoms with Crippen LogP contribution in [0.3, 0.4) is 0 Å². The Bertz CT molecular complexity index is 1510. The molecule has 1 atom stereocenters. The Morgan fingerprint density at radius 1 is 0.896 bits per heavy atom. The van der Waals surface area contributed by atoms with E-state index in [0.29, 0.717) is 18.8 Å². The standard InChI is InChI=1S/C40H49NO6.Na/c1-40(2,3)33-22-19-28(18-21-29(46-39(45)24-23-38(43)44)20-17-27-11-5-4-6-12-27)25-34(33)41-37(42)26-32-30-13-7-9-15-35(30)47-36-16-10-8-14-31(32)36;/h7-10,13-16,19,22,25,27,29,32H,4-6,11-12,17-18,20-21,23-24,26H2,1-3H3,(H,41,42)(H,43,44);/q;+1/p-1/t29-;/m0./s1. The molecule has 3 aromatic rings. The molecule has 250 valence electrons. The fourth-order valence-electron chi connectivity index (χ4n) is 7.06. The molecule has 1 amide bonds. The molecule has 0 aromatic heterocycles. The third kappa shape index (κ3) is 10.4. The molecular weight excluding hydrogens is 613 g/mol. The monoisotopic (exact) mass is 661 g/mol. The summed E-state index contributed by atoms with van der Waals surface area (Å²) in [5, 5.41) is 14.2. The zero-order chi connectivity index (χ0) is 33.4. The summed E-state index contributed by atoms with van der Waals surface area (Å²) >= 11 is 0. The summed E-state index contributed by atoms with van der Waals surface area (Å²) in [6.07, 6.45) is 8.75. The van der Waals surface area contributed by atoms with Gasteiger partial charge in [-0.05, 0) is 72.8 Å². The van der Waals surface area contributed by atoms with Crippen molar-refractivity contribution in [1.82, 2.24) is 0 Å². The number of rotatable bonds is 13. The molecule has 0 saturated heterocycles. The van der Waals surface area contributed by atoms with Gasteiger partial charge in [-0.25, -0.2) is 0 Å². The molecule has 0 radical (unpaired) electrons. The minimum absolute atomic E-state index is 0. The number of esters is 1. The van der Waals surface area contributed by atoms with Crippen LogP contribution < -0.4 is 44.7 Å². The number of aryl methyl sites for hydroxylation is 1. The topological polar surface area (TPSA) is 105 Å². The number of hydrogen-bond donors (Lipinski definition) is 1. The number of benzene rings is 3. The van der Waals surface area contributed by atoms with E-state index in [9.17, 15) is 19.5 Å². The molecule has 0 unspecified atom stereocenters. The Hall–Kier alpha value is -3.13. The third-order valence-electron chi connectivity index (χ3n) is 9.57. The van der Waals surface area contributed by atoms with E-state index in [2.05, 4.69) is 44.3 Å². The molecule has 7 nitrogen and oxygen atoms in total. The quantitative estimate of drug-likeness (QED) is 0.205. The van der Waals surface area contributed by atoms with Gasteiger partial charge in [0.05, 0.1) is 6.42 Å². The summed E-state index contributed by atoms with van der Waals surface area (Å²) < 4.78 is 12.0. The summed E-state index contributed by atoms with van der Waals surface area (Å²) in [5.41, 5.74) is 4.68. The van der Waals surface area contributed by atoms with Gasteiger partial charge in [-0.2, -0.15) is 0 Å². The number of carbonyl (C=O) groups is 3. The molecule has 1 fully saturated rings. The number of amides is 1. The zero-order valence-corrected chi connectivity index (χ0v) is 31.0. The van der Waals surface area contributed by atoms with Gasteiger partial charge in [-0.15, -0.1) is 0 Å². The van der Waals surface area contributed by atoms with Gasteiger partial charge < -0.3 is 24.7 Å². The maximum atomic E-state index is 13.8. The van der Waals surface area contributed by atoms with Crippen molar-refractivity contribution < 1.29 is 58.5 Å². The number of hydrogen-bond acceptors (Lipinski definition) is 6. The number of anilines is 1. The second-order valence-corrected chi connectivity index (χ2v) is 14.2. The van der Waals surface area contributed by atoms with E-state index in [0.717, 1.165) is 52.3 Å². The van der Waals surface area contributed by atoms with E-state index in [1.807, 2.05) is 48.5 Å². The number of fused-ring (bicyclic) bond motifs is 2. The fourth-order valence-corrected chi connectivity index (χ4v) is 7.06. The molecule has 3 aromatic carbocycles. The number of carbonyl (C=O) groups excluding carboxylic acids is 3. The first-order chi connectivity index (χ1) is 22.6. The van der Waals surface area contributed by atoms with Crippen molar-refractivity contribution in [3.8, 4) is 11.5 Å². The first kappa shape index (κ1) is 37.7. The maximum absolute atomic E-state index is 13.8. The zero-order valence-electron chi connectivity index (χ0n) is 29.0. The van der Waals surface area contributed by atoms with Crippen molar-refractivity contribution >= 4 is 23.5 Å². The van der Waals surface area contributed by atoms with Crippen molar-refractivity contribution in [2.75, 3.05) is 5.32 Å². The summed E-state index contributed by atoms with van der Waals surface area (Å²) in [7, 11) is 0. The van der Waals surface area contributed by atoms with Gasteiger partial charge in [0.25, 0.3) is 0 Å². The normalized spacial score (nSPS) is 15.2. The average Bonchev–Trinajstić information content (AvgIpc) is 3.05. The second-order valence-electron chi connectivity index (χ2n) is 14.2. The number of carboxylic acid groups (broad SMARTS) is 1. The smallest absolute Gasteiger partial charge is 0.550 e. The molecule has 1 aliphatic heterocycles. The first-order valence-electron chi connectivity index (χ1n) is 17.2. The van der Waals surface area contributed by atoms with Crippen LogP contribution in [0.1, 0.15) is 120 Å². The molecule has 1 N–H and O–H groups in total. The minimum atomic E-state index is -1.25. The predicted octanol–water partition coefficient (Wildman–Crippen LogP) is 4.99. The van der Waals surface area contributed by atoms with E-state index in [1.165, 1.54) is 32.1 Å². The maximum Gasteiger partial charge on any atom is 1.00 e. The van der Waals surface area contributed by atoms with Crippen LogP contribution in [-0.2, 0) is 31.0 Å². The van der Waals surface area contributed by atoms with Crippen LogP contribution in [0, 0.1) is 5.92 Å². The largest absolute Gasteiger partial charge is 1.00 e. The van der Waals surface area contributed by atoms with Crippen molar-refractivity contribution in [3.63, 3.8) is 0 Å². The van der Waals surface area contributed by atoms with Gasteiger partial charge in [-0.3, -0.25) is 9.59 Å². The molecule has 0 spiro atoms. The van der Waals surface area contributed by atoms with Crippen molar-refractivity contribution in [1.29, 1.82) is 0 Å². The number of para-hydroxylation sites is 2. The van der Waals surface area contributed by atoms with Gasteiger partial charge in [0.15, 0.2) is 0 Å². The third-order valence-corrected chi connectivity index (χ3v) is 9.57. The Kier molecular flexibility index (Phi) is 13.7. The van der Waals surface area contributed by atoms with Crippen LogP contribution in [0.4, 0.5) is 5.69 Å². The van der Waals surface area contributed by atoms with Crippen LogP contribution in [-0.4, -0.2) is 23.9 Å². The number of carboxylic acids is 1. The Morgan fingerprint density at radius 3 is 2.17 bits per heavy atom. The SMILES string of the molecule is CC(C)(C)c1ccc(CC[C@H](CCC2CCCCC2)OC(=O)CCC(=O)[O-])cc1NC(=O)CC1c2ccccc2Oc2ccccc21.[Na+]. The van der Waals surface area contributed by atoms with E-state index < -0.39 is 11.9 Å². The van der Waals surface area contributed by atoms with Crippen LogP contribution in [0.5, 0.6) is 11.5 Å². The second kappa shape index (κ2) is 17.5. The van der Waals surface area contributed by atoms with E-state index >= 15 is 0 Å². The summed E-state index contributed by atoms with van der Waals surface area (Å²) in [5.74, 6) is 0.259. The van der Waals surface area contributed by atoms with E-state index in [4.69, 9.17) is 9.47 Å². The van der Waals surface area contributed by atoms with Gasteiger partial charge >= 0.3 is 35.5 Å². The van der Waals surface area contributed by atoms with Crippen molar-refractivity contribution in [2.24, 2.45) is 5.92 Å². The van der Waals surface area contributed by atoms with E-state index in [1.54, 1.807) is 0 Å². The number of aliphatic carboxylic acids is 1. The number of nitrogens with one attached hydrogen (secondary N) is 1. The Labute approximate surface area is 307 Å². The molecule has 2 aliphatic rings. The molecule has 5 rings (SSSR count). The van der Waals surface area contributed by atoms with Crippen molar-refractivity contribution in [2.45, 2.75) is 115 Å². The summed E-state index contributed by atoms with van der Waals surface area (Å²) in [6, 6.07) is 22.0. The molecular formula is C40H48NNaO6. The van der Waals surface area contributed by atoms with Crippen molar-refractivity contribution in [3.05, 3.63) is 89.0 Å². The summed E-state index contributed by atoms with van der Waals surface area (Å²) in [6.45, 7) is 6.40. The van der Waals surface area contributed by atoms with Crippen LogP contribution in [0.15, 0.2) is 66.7 Å². The van der Waals surface area contributed by atoms with Crippen LogP contribution >= 0.6 is 0 Å². The predicted molar refractivity (Wildman–Crippen MR) is 181 cm³/mol. The average molecular weight is 662 g/mol. The van der Waals surface area contributed by atoms with Gasteiger partial charge in [-0.1, -0.05) is 101 Å². The fraction of sp³-hybridized carbons (Fsp3) is 0.475. The van der Waals surface area contributed by atoms with E-state index in [-0.39, 0.29) is 72.2 Å². The Balaban J connectivity index is 0.00000520. The number of ether oxygens (including phenoxy) is 2. The van der Waals surface area contributed by atoms with Crippen LogP contribution in [0.2, 0.25) is 0 Å². The molecule has 48 heavy (non-hydrogen) atoms. The first-order valence-corrected chi connectivity index (χ1v) is 17.2. The summed E-state index contributed by atoms with van der Waals surface area (Å²) in [4.78, 5) is 37.2. The molecule has 1 heterocycles. The Morgan fingerprint density at radius 2 is 1.54 bits per heavy atom. The molecule has 0 bridgehead atoms. The molecule has 1 aliphatic carbocycles. The van der Waals surface area contributed by atoms with Gasteiger partial charge in [0, 0.05) is 35.1 Å². The molecule has 1 saturated carbocycles. The van der Waals surface area contributed by atoms with Gasteiger partial charge in [0.2, 0.25) is 5.91 Å². The minimum Gasteiger partial charge on any atom is -0.550 e. The van der Waals surface area contributed by atoms with Gasteiger partial charge in [0.1, 0.15) is 17.6 Å².